The average molecular weight is 410 g/mol. The molecule has 1 aliphatic carbocycles. The van der Waals surface area contributed by atoms with E-state index in [0.717, 1.165) is 59.4 Å². The van der Waals surface area contributed by atoms with Gasteiger partial charge in [0.05, 0.1) is 12.3 Å². The summed E-state index contributed by atoms with van der Waals surface area (Å²) in [6.07, 6.45) is 7.35. The zero-order valence-electron chi connectivity index (χ0n) is 17.4. The van der Waals surface area contributed by atoms with Crippen molar-refractivity contribution in [3.8, 4) is 11.5 Å². The van der Waals surface area contributed by atoms with Crippen LogP contribution < -0.4 is 14.8 Å². The Balaban J connectivity index is 1.39. The van der Waals surface area contributed by atoms with E-state index in [9.17, 15) is 4.39 Å². The molecule has 3 aromatic rings. The highest BCUT2D eigenvalue weighted by atomic mass is 19.1. The molecular formula is C23H27FN4O2. The normalized spacial score (nSPS) is 21.0. The molecule has 2 aliphatic rings. The number of aromatic nitrogens is 3. The van der Waals surface area contributed by atoms with Crippen LogP contribution in [0.1, 0.15) is 49.0 Å². The summed E-state index contributed by atoms with van der Waals surface area (Å²) in [5.41, 5.74) is 3.64. The van der Waals surface area contributed by atoms with Gasteiger partial charge < -0.3 is 19.4 Å². The van der Waals surface area contributed by atoms with Gasteiger partial charge in [0.2, 0.25) is 0 Å². The number of hydrogen-bond acceptors (Lipinski definition) is 5. The average Bonchev–Trinajstić information content (AvgIpc) is 3.39. The van der Waals surface area contributed by atoms with Crippen LogP contribution in [0.3, 0.4) is 0 Å². The lowest BCUT2D eigenvalue weighted by molar-refractivity contribution is 0.199. The summed E-state index contributed by atoms with van der Waals surface area (Å²) in [5.74, 6) is 0.813. The second-order valence-corrected chi connectivity index (χ2v) is 8.13. The van der Waals surface area contributed by atoms with E-state index in [0.29, 0.717) is 31.4 Å². The molecule has 3 heterocycles. The summed E-state index contributed by atoms with van der Waals surface area (Å²) < 4.78 is 29.1. The first-order valence-electron chi connectivity index (χ1n) is 10.8. The Hall–Kier alpha value is -2.67. The minimum absolute atomic E-state index is 0.0846. The van der Waals surface area contributed by atoms with Gasteiger partial charge in [-0.2, -0.15) is 0 Å². The molecule has 5 rings (SSSR count). The maximum Gasteiger partial charge on any atom is 0.168 e. The molecular weight excluding hydrogens is 383 g/mol. The Kier molecular flexibility index (Phi) is 5.06. The number of nitrogens with one attached hydrogen (secondary N) is 1. The van der Waals surface area contributed by atoms with Gasteiger partial charge in [-0.25, -0.2) is 14.4 Å². The van der Waals surface area contributed by atoms with Gasteiger partial charge in [0, 0.05) is 47.8 Å². The molecule has 30 heavy (non-hydrogen) atoms. The Morgan fingerprint density at radius 3 is 3.00 bits per heavy atom. The van der Waals surface area contributed by atoms with Gasteiger partial charge in [0.1, 0.15) is 23.8 Å². The first kappa shape index (κ1) is 19.3. The highest BCUT2D eigenvalue weighted by Gasteiger charge is 2.30. The molecule has 158 valence electrons. The Labute approximate surface area is 175 Å². The quantitative estimate of drug-likeness (QED) is 0.686. The van der Waals surface area contributed by atoms with Crippen LogP contribution in [0.5, 0.6) is 11.5 Å². The van der Waals surface area contributed by atoms with Crippen molar-refractivity contribution in [2.75, 3.05) is 13.2 Å². The molecule has 1 N–H and O–H groups in total. The Morgan fingerprint density at radius 2 is 2.13 bits per heavy atom. The van der Waals surface area contributed by atoms with E-state index in [2.05, 4.69) is 32.1 Å². The molecule has 1 fully saturated rings. The fourth-order valence-corrected chi connectivity index (χ4v) is 4.80. The van der Waals surface area contributed by atoms with Crippen LogP contribution in [-0.4, -0.2) is 33.8 Å². The first-order valence-corrected chi connectivity index (χ1v) is 10.8. The van der Waals surface area contributed by atoms with E-state index >= 15 is 0 Å². The smallest absolute Gasteiger partial charge is 0.168 e. The third-order valence-corrected chi connectivity index (χ3v) is 6.31. The predicted molar refractivity (Wildman–Crippen MR) is 113 cm³/mol. The standard InChI is InChI=1S/C23H27FN4O2/c1-3-29-21-11-20(19-12-25-8-6-18(19)22(21)24)30-16-5-4-15(10-16)28-9-7-17-14(2)26-13-27-23(17)28/h7,9,11,13,15-16,25H,3-6,8,10,12H2,1-2H3. The third kappa shape index (κ3) is 3.31. The molecule has 1 saturated carbocycles. The van der Waals surface area contributed by atoms with Gasteiger partial charge in [-0.15, -0.1) is 0 Å². The summed E-state index contributed by atoms with van der Waals surface area (Å²) >= 11 is 0. The summed E-state index contributed by atoms with van der Waals surface area (Å²) in [4.78, 5) is 8.79. The fourth-order valence-electron chi connectivity index (χ4n) is 4.80. The van der Waals surface area contributed by atoms with Crippen LogP contribution in [0.15, 0.2) is 24.7 Å². The van der Waals surface area contributed by atoms with E-state index in [1.54, 1.807) is 12.4 Å². The van der Waals surface area contributed by atoms with Crippen molar-refractivity contribution in [1.29, 1.82) is 0 Å². The number of benzene rings is 1. The number of ether oxygens (including phenoxy) is 2. The number of fused-ring (bicyclic) bond motifs is 2. The van der Waals surface area contributed by atoms with E-state index < -0.39 is 0 Å². The van der Waals surface area contributed by atoms with Gasteiger partial charge >= 0.3 is 0 Å². The molecule has 2 atom stereocenters. The van der Waals surface area contributed by atoms with Crippen molar-refractivity contribution < 1.29 is 13.9 Å². The number of nitrogens with zero attached hydrogens (tertiary/aromatic N) is 3. The van der Waals surface area contributed by atoms with Crippen LogP contribution in [0.25, 0.3) is 11.0 Å². The maximum atomic E-state index is 14.8. The largest absolute Gasteiger partial charge is 0.491 e. The van der Waals surface area contributed by atoms with Crippen molar-refractivity contribution in [1.82, 2.24) is 19.9 Å². The van der Waals surface area contributed by atoms with E-state index in [-0.39, 0.29) is 11.9 Å². The van der Waals surface area contributed by atoms with Gasteiger partial charge in [0.15, 0.2) is 11.6 Å². The molecule has 0 radical (unpaired) electrons. The zero-order valence-corrected chi connectivity index (χ0v) is 17.4. The van der Waals surface area contributed by atoms with Crippen LogP contribution in [0.2, 0.25) is 0 Å². The maximum absolute atomic E-state index is 14.8. The predicted octanol–water partition coefficient (Wildman–Crippen LogP) is 4.10. The molecule has 0 amide bonds. The number of halogens is 1. The van der Waals surface area contributed by atoms with E-state index in [1.807, 2.05) is 13.8 Å². The minimum atomic E-state index is -0.237. The molecule has 0 saturated heterocycles. The molecule has 1 aromatic carbocycles. The summed E-state index contributed by atoms with van der Waals surface area (Å²) in [7, 11) is 0. The van der Waals surface area contributed by atoms with Crippen LogP contribution in [0, 0.1) is 12.7 Å². The molecule has 2 unspecified atom stereocenters. The van der Waals surface area contributed by atoms with Crippen molar-refractivity contribution in [2.45, 2.75) is 58.2 Å². The number of rotatable bonds is 5. The van der Waals surface area contributed by atoms with Gasteiger partial charge in [-0.3, -0.25) is 0 Å². The van der Waals surface area contributed by atoms with Crippen LogP contribution in [-0.2, 0) is 13.0 Å². The molecule has 0 bridgehead atoms. The van der Waals surface area contributed by atoms with Gasteiger partial charge in [0.25, 0.3) is 0 Å². The lowest BCUT2D eigenvalue weighted by Crippen LogP contribution is -2.26. The van der Waals surface area contributed by atoms with Gasteiger partial charge in [-0.05, 0) is 45.7 Å². The zero-order chi connectivity index (χ0) is 20.7. The number of aryl methyl sites for hydroxylation is 1. The second kappa shape index (κ2) is 7.87. The lowest BCUT2D eigenvalue weighted by Gasteiger charge is -2.25. The summed E-state index contributed by atoms with van der Waals surface area (Å²) in [6.45, 7) is 5.71. The molecule has 1 aliphatic heterocycles. The highest BCUT2D eigenvalue weighted by Crippen LogP contribution is 2.39. The van der Waals surface area contributed by atoms with Crippen molar-refractivity contribution in [3.63, 3.8) is 0 Å². The van der Waals surface area contributed by atoms with Crippen LogP contribution >= 0.6 is 0 Å². The fraction of sp³-hybridized carbons (Fsp3) is 0.478. The summed E-state index contributed by atoms with van der Waals surface area (Å²) in [5, 5.41) is 4.43. The monoisotopic (exact) mass is 410 g/mol. The molecule has 0 spiro atoms. The minimum Gasteiger partial charge on any atom is -0.491 e. The summed E-state index contributed by atoms with van der Waals surface area (Å²) in [6, 6.07) is 4.16. The van der Waals surface area contributed by atoms with Crippen molar-refractivity contribution >= 4 is 11.0 Å². The molecule has 2 aromatic heterocycles. The van der Waals surface area contributed by atoms with Crippen molar-refractivity contribution in [2.24, 2.45) is 0 Å². The van der Waals surface area contributed by atoms with Gasteiger partial charge in [-0.1, -0.05) is 0 Å². The number of hydrogen-bond donors (Lipinski definition) is 1. The second-order valence-electron chi connectivity index (χ2n) is 8.13. The lowest BCUT2D eigenvalue weighted by atomic mass is 9.98. The topological polar surface area (TPSA) is 61.2 Å². The van der Waals surface area contributed by atoms with E-state index in [4.69, 9.17) is 9.47 Å². The SMILES string of the molecule is CCOc1cc(OC2CCC(n3ccc4c(C)ncnc43)C2)c2c(c1F)CCNC2. The Bertz CT molecular complexity index is 1080. The first-order chi connectivity index (χ1) is 14.7. The highest BCUT2D eigenvalue weighted by molar-refractivity contribution is 5.78. The van der Waals surface area contributed by atoms with E-state index in [1.165, 1.54) is 0 Å². The molecule has 6 nitrogen and oxygen atoms in total. The third-order valence-electron chi connectivity index (χ3n) is 6.31. The van der Waals surface area contributed by atoms with Crippen molar-refractivity contribution in [3.05, 3.63) is 47.3 Å². The Morgan fingerprint density at radius 1 is 1.23 bits per heavy atom. The molecule has 7 heteroatoms. The van der Waals surface area contributed by atoms with Crippen LogP contribution in [0.4, 0.5) is 4.39 Å².